The predicted molar refractivity (Wildman–Crippen MR) is 107 cm³/mol. The van der Waals surface area contributed by atoms with Gasteiger partial charge >= 0.3 is 0 Å². The van der Waals surface area contributed by atoms with Gasteiger partial charge in [0.05, 0.1) is 6.54 Å². The summed E-state index contributed by atoms with van der Waals surface area (Å²) in [6.07, 6.45) is 0.775. The molecule has 1 fully saturated rings. The average molecular weight is 388 g/mol. The van der Waals surface area contributed by atoms with E-state index in [1.165, 1.54) is 35.7 Å². The summed E-state index contributed by atoms with van der Waals surface area (Å²) in [5.41, 5.74) is 2.52. The van der Waals surface area contributed by atoms with E-state index in [1.54, 1.807) is 20.8 Å². The van der Waals surface area contributed by atoms with Crippen LogP contribution >= 0.6 is 11.3 Å². The van der Waals surface area contributed by atoms with Crippen molar-refractivity contribution < 1.29 is 14.9 Å². The Bertz CT molecular complexity index is 926. The molecule has 0 bridgehead atoms. The van der Waals surface area contributed by atoms with Gasteiger partial charge in [0.1, 0.15) is 31.1 Å². The second-order valence-electron chi connectivity index (χ2n) is 7.47. The number of hydrogen-bond acceptors (Lipinski definition) is 4. The third-order valence-corrected chi connectivity index (χ3v) is 6.79. The van der Waals surface area contributed by atoms with E-state index in [0.29, 0.717) is 0 Å². The molecule has 0 saturated carbocycles. The Morgan fingerprint density at radius 3 is 2.63 bits per heavy atom. The van der Waals surface area contributed by atoms with Crippen molar-refractivity contribution in [1.29, 1.82) is 0 Å². The Morgan fingerprint density at radius 1 is 1.22 bits per heavy atom. The fourth-order valence-electron chi connectivity index (χ4n) is 4.12. The molecule has 27 heavy (non-hydrogen) atoms. The number of rotatable bonds is 5. The van der Waals surface area contributed by atoms with Crippen LogP contribution in [-0.4, -0.2) is 52.4 Å². The summed E-state index contributed by atoms with van der Waals surface area (Å²) >= 11 is 1.58. The van der Waals surface area contributed by atoms with E-state index in [-0.39, 0.29) is 11.9 Å². The van der Waals surface area contributed by atoms with Crippen LogP contribution in [-0.2, 0) is 6.42 Å². The van der Waals surface area contributed by atoms with Gasteiger partial charge in [-0.05, 0) is 19.9 Å². The van der Waals surface area contributed by atoms with E-state index in [0.717, 1.165) is 35.2 Å². The van der Waals surface area contributed by atoms with Crippen LogP contribution in [0.4, 0.5) is 0 Å². The smallest absolute Gasteiger partial charge is 0.235 e. The molecule has 0 radical (unpaired) electrons. The lowest BCUT2D eigenvalue weighted by molar-refractivity contribution is -1.02. The van der Waals surface area contributed by atoms with E-state index < -0.39 is 0 Å². The molecule has 2 aromatic heterocycles. The molecule has 0 amide bonds. The lowest BCUT2D eigenvalue weighted by atomic mass is 10.0. The van der Waals surface area contributed by atoms with Crippen molar-refractivity contribution >= 4 is 16.3 Å². The first kappa shape index (κ1) is 18.4. The summed E-state index contributed by atoms with van der Waals surface area (Å²) in [4.78, 5) is 9.53. The first-order valence-electron chi connectivity index (χ1n) is 9.92. The number of aromatic hydroxyl groups is 1. The third kappa shape index (κ3) is 3.47. The molecule has 7 heteroatoms. The molecule has 1 atom stereocenters. The number of hydrogen-bond donors (Lipinski definition) is 3. The second-order valence-corrected chi connectivity index (χ2v) is 8.48. The SMILES string of the molecule is CCc1nc2sc([C@H](c3cccc(C)c3)[NH+]3CC[NH+](CC)CC3)c(O)n2n1. The molecule has 1 aliphatic heterocycles. The van der Waals surface area contributed by atoms with E-state index in [2.05, 4.69) is 48.2 Å². The standard InChI is InChI=1S/C20H27N5OS/c1-4-16-21-20-25(22-16)19(26)18(27-20)17(15-8-6-7-14(3)13-15)24-11-9-23(5-2)10-12-24/h6-8,13,17,26H,4-5,9-12H2,1-3H3/p+2/t17-/m0/s1. The Balaban J connectivity index is 1.76. The molecule has 1 aliphatic rings. The van der Waals surface area contributed by atoms with Crippen molar-refractivity contribution in [2.24, 2.45) is 0 Å². The van der Waals surface area contributed by atoms with Crippen LogP contribution in [0.5, 0.6) is 5.88 Å². The van der Waals surface area contributed by atoms with Gasteiger partial charge in [-0.2, -0.15) is 4.52 Å². The molecule has 3 heterocycles. The number of aromatic nitrogens is 3. The van der Waals surface area contributed by atoms with E-state index >= 15 is 0 Å². The Kier molecular flexibility index (Phi) is 5.16. The maximum absolute atomic E-state index is 11.0. The number of quaternary nitrogens is 2. The molecular weight excluding hydrogens is 358 g/mol. The summed E-state index contributed by atoms with van der Waals surface area (Å²) in [6, 6.07) is 8.82. The number of thiazole rings is 1. The van der Waals surface area contributed by atoms with Gasteiger partial charge in [-0.15, -0.1) is 5.10 Å². The Morgan fingerprint density at radius 2 is 2.00 bits per heavy atom. The van der Waals surface area contributed by atoms with Gasteiger partial charge in [0.2, 0.25) is 10.8 Å². The van der Waals surface area contributed by atoms with Crippen LogP contribution in [0.2, 0.25) is 0 Å². The van der Waals surface area contributed by atoms with Crippen molar-refractivity contribution in [3.05, 3.63) is 46.1 Å². The van der Waals surface area contributed by atoms with Crippen molar-refractivity contribution in [2.75, 3.05) is 32.7 Å². The molecule has 1 aromatic carbocycles. The summed E-state index contributed by atoms with van der Waals surface area (Å²) in [6.45, 7) is 12.2. The number of likely N-dealkylation sites (N-methyl/N-ethyl adjacent to an activating group) is 1. The maximum Gasteiger partial charge on any atom is 0.235 e. The number of nitrogens with zero attached hydrogens (tertiary/aromatic N) is 3. The number of nitrogens with one attached hydrogen (secondary N) is 2. The van der Waals surface area contributed by atoms with Crippen molar-refractivity contribution in [1.82, 2.24) is 14.6 Å². The first-order valence-corrected chi connectivity index (χ1v) is 10.7. The third-order valence-electron chi connectivity index (χ3n) is 5.71. The zero-order chi connectivity index (χ0) is 19.0. The first-order chi connectivity index (χ1) is 13.1. The van der Waals surface area contributed by atoms with Gasteiger partial charge in [0, 0.05) is 12.0 Å². The molecule has 0 unspecified atom stereocenters. The molecule has 0 aliphatic carbocycles. The van der Waals surface area contributed by atoms with Crippen molar-refractivity contribution in [3.63, 3.8) is 0 Å². The minimum atomic E-state index is 0.127. The zero-order valence-corrected chi connectivity index (χ0v) is 17.1. The maximum atomic E-state index is 11.0. The molecule has 3 N–H and O–H groups in total. The molecule has 1 saturated heterocycles. The minimum Gasteiger partial charge on any atom is -0.492 e. The number of piperazine rings is 1. The van der Waals surface area contributed by atoms with Crippen LogP contribution in [0, 0.1) is 6.92 Å². The molecule has 4 rings (SSSR count). The topological polar surface area (TPSA) is 59.3 Å². The van der Waals surface area contributed by atoms with E-state index in [1.807, 2.05) is 6.92 Å². The van der Waals surface area contributed by atoms with Gasteiger partial charge < -0.3 is 14.9 Å². The number of aryl methyl sites for hydroxylation is 2. The highest BCUT2D eigenvalue weighted by Crippen LogP contribution is 2.35. The van der Waals surface area contributed by atoms with Crippen molar-refractivity contribution in [3.8, 4) is 5.88 Å². The van der Waals surface area contributed by atoms with Gasteiger partial charge in [-0.3, -0.25) is 0 Å². The highest BCUT2D eigenvalue weighted by atomic mass is 32.1. The van der Waals surface area contributed by atoms with Gasteiger partial charge in [-0.1, -0.05) is 42.0 Å². The van der Waals surface area contributed by atoms with Crippen molar-refractivity contribution in [2.45, 2.75) is 33.2 Å². The molecule has 3 aromatic rings. The summed E-state index contributed by atoms with van der Waals surface area (Å²) in [5, 5.41) is 15.4. The summed E-state index contributed by atoms with van der Waals surface area (Å²) in [7, 11) is 0. The predicted octanol–water partition coefficient (Wildman–Crippen LogP) is 0.260. The molecule has 144 valence electrons. The van der Waals surface area contributed by atoms with E-state index in [9.17, 15) is 5.11 Å². The second kappa shape index (κ2) is 7.58. The fraction of sp³-hybridized carbons (Fsp3) is 0.500. The van der Waals surface area contributed by atoms with E-state index in [4.69, 9.17) is 0 Å². The van der Waals surface area contributed by atoms with Gasteiger partial charge in [0.25, 0.3) is 0 Å². The molecular formula is C20H29N5OS+2. The van der Waals surface area contributed by atoms with Gasteiger partial charge in [-0.25, -0.2) is 4.98 Å². The lowest BCUT2D eigenvalue weighted by Crippen LogP contribution is -3.28. The van der Waals surface area contributed by atoms with Gasteiger partial charge in [0.15, 0.2) is 11.9 Å². The highest BCUT2D eigenvalue weighted by Gasteiger charge is 2.35. The number of benzene rings is 1. The minimum absolute atomic E-state index is 0.127. The highest BCUT2D eigenvalue weighted by molar-refractivity contribution is 7.17. The van der Waals surface area contributed by atoms with Crippen LogP contribution in [0.3, 0.4) is 0 Å². The van der Waals surface area contributed by atoms with Crippen LogP contribution < -0.4 is 9.80 Å². The van der Waals surface area contributed by atoms with Crippen LogP contribution in [0.15, 0.2) is 24.3 Å². The monoisotopic (exact) mass is 387 g/mol. The number of fused-ring (bicyclic) bond motifs is 1. The zero-order valence-electron chi connectivity index (χ0n) is 16.3. The van der Waals surface area contributed by atoms with Crippen LogP contribution in [0.25, 0.3) is 4.96 Å². The summed E-state index contributed by atoms with van der Waals surface area (Å²) < 4.78 is 1.62. The van der Waals surface area contributed by atoms with Crippen LogP contribution in [0.1, 0.15) is 41.7 Å². The molecule has 6 nitrogen and oxygen atoms in total. The average Bonchev–Trinajstić information content (AvgIpc) is 3.22. The Labute approximate surface area is 164 Å². The molecule has 0 spiro atoms. The lowest BCUT2D eigenvalue weighted by Gasteiger charge is -2.34. The normalized spacial score (nSPS) is 21.6. The largest absolute Gasteiger partial charge is 0.492 e. The quantitative estimate of drug-likeness (QED) is 0.589. The summed E-state index contributed by atoms with van der Waals surface area (Å²) in [5.74, 6) is 1.04. The Hall–Kier alpha value is -1.96. The fourth-order valence-corrected chi connectivity index (χ4v) is 5.28.